The van der Waals surface area contributed by atoms with Crippen LogP contribution in [-0.4, -0.2) is 15.0 Å². The summed E-state index contributed by atoms with van der Waals surface area (Å²) in [6, 6.07) is 3.38. The summed E-state index contributed by atoms with van der Waals surface area (Å²) in [5, 5.41) is 0. The van der Waals surface area contributed by atoms with Crippen LogP contribution in [0, 0.1) is 5.82 Å². The first kappa shape index (κ1) is 10.5. The third-order valence-electron chi connectivity index (χ3n) is 2.01. The summed E-state index contributed by atoms with van der Waals surface area (Å²) in [6.45, 7) is 1.82. The minimum Gasteiger partial charge on any atom is -0.435 e. The Morgan fingerprint density at radius 1 is 1.38 bits per heavy atom. The predicted molar refractivity (Wildman–Crippen MR) is 55.7 cm³/mol. The van der Waals surface area contributed by atoms with Gasteiger partial charge < -0.3 is 4.74 Å². The molecule has 0 aliphatic rings. The summed E-state index contributed by atoms with van der Waals surface area (Å²) in [4.78, 5) is 11.4. The van der Waals surface area contributed by atoms with Crippen LogP contribution in [0.1, 0.15) is 12.6 Å². The van der Waals surface area contributed by atoms with Crippen LogP contribution in [0.3, 0.4) is 0 Å². The van der Waals surface area contributed by atoms with E-state index in [9.17, 15) is 4.39 Å². The van der Waals surface area contributed by atoms with Gasteiger partial charge in [0.25, 0.3) is 5.88 Å². The molecule has 0 radical (unpaired) electrons. The zero-order valence-corrected chi connectivity index (χ0v) is 8.72. The number of aryl methyl sites for hydroxylation is 1. The van der Waals surface area contributed by atoms with Gasteiger partial charge in [0.15, 0.2) is 0 Å². The van der Waals surface area contributed by atoms with Crippen molar-refractivity contribution in [1.82, 2.24) is 15.0 Å². The molecular weight excluding hydrogens is 209 g/mol. The number of halogens is 1. The van der Waals surface area contributed by atoms with Crippen molar-refractivity contribution in [2.45, 2.75) is 13.3 Å². The van der Waals surface area contributed by atoms with Gasteiger partial charge in [0, 0.05) is 6.20 Å². The highest BCUT2D eigenvalue weighted by molar-refractivity contribution is 5.25. The molecule has 2 heterocycles. The first-order valence-corrected chi connectivity index (χ1v) is 4.88. The molecule has 2 aromatic rings. The van der Waals surface area contributed by atoms with Crippen LogP contribution in [0.2, 0.25) is 0 Å². The highest BCUT2D eigenvalue weighted by atomic mass is 19.1. The van der Waals surface area contributed by atoms with Crippen LogP contribution in [-0.2, 0) is 6.42 Å². The van der Waals surface area contributed by atoms with E-state index < -0.39 is 5.82 Å². The molecule has 0 spiro atoms. The highest BCUT2D eigenvalue weighted by Crippen LogP contribution is 2.22. The van der Waals surface area contributed by atoms with Crippen molar-refractivity contribution in [2.24, 2.45) is 0 Å². The summed E-state index contributed by atoms with van der Waals surface area (Å²) >= 11 is 0. The molecule has 16 heavy (non-hydrogen) atoms. The first-order chi connectivity index (χ1) is 7.81. The van der Waals surface area contributed by atoms with E-state index >= 15 is 0 Å². The summed E-state index contributed by atoms with van der Waals surface area (Å²) in [6.07, 6.45) is 4.89. The van der Waals surface area contributed by atoms with Crippen LogP contribution in [0.5, 0.6) is 11.6 Å². The minimum absolute atomic E-state index is 0.0696. The number of aromatic nitrogens is 3. The predicted octanol–water partition coefficient (Wildman–Crippen LogP) is 2.37. The van der Waals surface area contributed by atoms with Crippen LogP contribution in [0.15, 0.2) is 30.9 Å². The Labute approximate surface area is 92.2 Å². The second-order valence-corrected chi connectivity index (χ2v) is 3.08. The normalized spacial score (nSPS) is 10.1. The fourth-order valence-corrected chi connectivity index (χ4v) is 1.22. The van der Waals surface area contributed by atoms with Gasteiger partial charge in [0.1, 0.15) is 12.1 Å². The number of hydrogen-bond donors (Lipinski definition) is 0. The lowest BCUT2D eigenvalue weighted by molar-refractivity contribution is 0.413. The van der Waals surface area contributed by atoms with Gasteiger partial charge in [-0.15, -0.1) is 0 Å². The Morgan fingerprint density at radius 2 is 2.25 bits per heavy atom. The van der Waals surface area contributed by atoms with Crippen LogP contribution >= 0.6 is 0 Å². The second kappa shape index (κ2) is 4.65. The maximum absolute atomic E-state index is 13.7. The number of rotatable bonds is 3. The van der Waals surface area contributed by atoms with Gasteiger partial charge in [-0.25, -0.2) is 4.98 Å². The van der Waals surface area contributed by atoms with Gasteiger partial charge in [-0.2, -0.15) is 9.37 Å². The van der Waals surface area contributed by atoms with Gasteiger partial charge >= 0.3 is 0 Å². The van der Waals surface area contributed by atoms with Crippen molar-refractivity contribution < 1.29 is 9.13 Å². The van der Waals surface area contributed by atoms with E-state index in [4.69, 9.17) is 4.74 Å². The molecule has 0 saturated heterocycles. The van der Waals surface area contributed by atoms with Gasteiger partial charge in [0.05, 0.1) is 11.9 Å². The highest BCUT2D eigenvalue weighted by Gasteiger charge is 2.11. The second-order valence-electron chi connectivity index (χ2n) is 3.08. The van der Waals surface area contributed by atoms with E-state index in [0.717, 1.165) is 0 Å². The standard InChI is InChI=1S/C11H10FN3O/c1-2-9-10(12)11(15-7-14-9)16-8-4-3-5-13-6-8/h3-7H,2H2,1H3. The van der Waals surface area contributed by atoms with E-state index in [1.165, 1.54) is 12.5 Å². The summed E-state index contributed by atoms with van der Waals surface area (Å²) in [5.74, 6) is -0.143. The maximum Gasteiger partial charge on any atom is 0.259 e. The summed E-state index contributed by atoms with van der Waals surface area (Å²) < 4.78 is 19.0. The lowest BCUT2D eigenvalue weighted by atomic mass is 10.3. The molecular formula is C11H10FN3O. The molecule has 2 rings (SSSR count). The lowest BCUT2D eigenvalue weighted by Gasteiger charge is -2.06. The van der Waals surface area contributed by atoms with Gasteiger partial charge in [-0.3, -0.25) is 4.98 Å². The third-order valence-corrected chi connectivity index (χ3v) is 2.01. The van der Waals surface area contributed by atoms with Crippen molar-refractivity contribution in [3.63, 3.8) is 0 Å². The fraction of sp³-hybridized carbons (Fsp3) is 0.182. The molecule has 5 heteroatoms. The van der Waals surface area contributed by atoms with Crippen LogP contribution in [0.25, 0.3) is 0 Å². The molecule has 0 fully saturated rings. The fourth-order valence-electron chi connectivity index (χ4n) is 1.22. The molecule has 0 aromatic carbocycles. The number of pyridine rings is 1. The molecule has 4 nitrogen and oxygen atoms in total. The Morgan fingerprint density at radius 3 is 2.94 bits per heavy atom. The number of hydrogen-bond acceptors (Lipinski definition) is 4. The molecule has 0 unspecified atom stereocenters. The van der Waals surface area contributed by atoms with Crippen molar-refractivity contribution in [2.75, 3.05) is 0 Å². The lowest BCUT2D eigenvalue weighted by Crippen LogP contribution is -1.99. The SMILES string of the molecule is CCc1ncnc(Oc2cccnc2)c1F. The van der Waals surface area contributed by atoms with Crippen molar-refractivity contribution in [3.05, 3.63) is 42.4 Å². The van der Waals surface area contributed by atoms with Gasteiger partial charge in [-0.05, 0) is 18.6 Å². The van der Waals surface area contributed by atoms with E-state index in [0.29, 0.717) is 17.9 Å². The molecule has 0 N–H and O–H groups in total. The van der Waals surface area contributed by atoms with Crippen molar-refractivity contribution >= 4 is 0 Å². The van der Waals surface area contributed by atoms with Gasteiger partial charge in [0.2, 0.25) is 5.82 Å². The quantitative estimate of drug-likeness (QED) is 0.795. The zero-order valence-electron chi connectivity index (χ0n) is 8.72. The largest absolute Gasteiger partial charge is 0.435 e. The van der Waals surface area contributed by atoms with Crippen molar-refractivity contribution in [3.8, 4) is 11.6 Å². The van der Waals surface area contributed by atoms with E-state index in [-0.39, 0.29) is 5.88 Å². The topological polar surface area (TPSA) is 47.9 Å². The van der Waals surface area contributed by atoms with E-state index in [1.54, 1.807) is 18.3 Å². The summed E-state index contributed by atoms with van der Waals surface area (Å²) in [5.41, 5.74) is 0.342. The summed E-state index contributed by atoms with van der Waals surface area (Å²) in [7, 11) is 0. The van der Waals surface area contributed by atoms with Crippen LogP contribution in [0.4, 0.5) is 4.39 Å². The molecule has 0 amide bonds. The third kappa shape index (κ3) is 2.13. The molecule has 0 bridgehead atoms. The Kier molecular flexibility index (Phi) is 3.05. The van der Waals surface area contributed by atoms with E-state index in [1.807, 2.05) is 6.92 Å². The van der Waals surface area contributed by atoms with Crippen LogP contribution < -0.4 is 4.74 Å². The Bertz CT molecular complexity index is 476. The minimum atomic E-state index is -0.520. The molecule has 2 aromatic heterocycles. The Hall–Kier alpha value is -2.04. The first-order valence-electron chi connectivity index (χ1n) is 4.88. The van der Waals surface area contributed by atoms with Crippen molar-refractivity contribution in [1.29, 1.82) is 0 Å². The number of ether oxygens (including phenoxy) is 1. The zero-order chi connectivity index (χ0) is 11.4. The molecule has 0 atom stereocenters. The average molecular weight is 219 g/mol. The smallest absolute Gasteiger partial charge is 0.259 e. The average Bonchev–Trinajstić information content (AvgIpc) is 2.33. The Balaban J connectivity index is 2.28. The molecule has 82 valence electrons. The van der Waals surface area contributed by atoms with E-state index in [2.05, 4.69) is 15.0 Å². The maximum atomic E-state index is 13.7. The molecule has 0 aliphatic carbocycles. The number of nitrogens with zero attached hydrogens (tertiary/aromatic N) is 3. The molecule has 0 saturated carbocycles. The monoisotopic (exact) mass is 219 g/mol. The molecule has 0 aliphatic heterocycles. The van der Waals surface area contributed by atoms with Gasteiger partial charge in [-0.1, -0.05) is 6.92 Å².